The fourth-order valence-electron chi connectivity index (χ4n) is 7.38. The number of likely N-dealkylation sites (tertiary alicyclic amines) is 2. The monoisotopic (exact) mass is 554 g/mol. The Kier molecular flexibility index (Phi) is 8.59. The predicted molar refractivity (Wildman–Crippen MR) is 163 cm³/mol. The van der Waals surface area contributed by atoms with Crippen LogP contribution in [0.25, 0.3) is 0 Å². The highest BCUT2D eigenvalue weighted by molar-refractivity contribution is 5.73. The van der Waals surface area contributed by atoms with Gasteiger partial charge in [-0.3, -0.25) is 9.69 Å². The number of nitrogens with zero attached hydrogens (tertiary/aromatic N) is 3. The molecule has 41 heavy (non-hydrogen) atoms. The first-order valence-electron chi connectivity index (χ1n) is 15.8. The molecule has 2 N–H and O–H groups in total. The summed E-state index contributed by atoms with van der Waals surface area (Å²) in [5, 5.41) is 10.1. The van der Waals surface area contributed by atoms with Crippen LogP contribution in [-0.4, -0.2) is 69.6 Å². The highest BCUT2D eigenvalue weighted by atomic mass is 16.4. The third-order valence-electron chi connectivity index (χ3n) is 9.81. The molecule has 3 unspecified atom stereocenters. The number of imidazole rings is 1. The van der Waals surface area contributed by atoms with E-state index in [2.05, 4.69) is 83.2 Å². The third kappa shape index (κ3) is 6.76. The molecule has 3 fully saturated rings. The molecule has 2 aromatic carbocycles. The number of nitrogens with one attached hydrogen (secondary N) is 1. The number of H-pyrrole nitrogens is 1. The quantitative estimate of drug-likeness (QED) is 0.303. The molecule has 6 rings (SSSR count). The van der Waals surface area contributed by atoms with Gasteiger partial charge in [0, 0.05) is 43.6 Å². The summed E-state index contributed by atoms with van der Waals surface area (Å²) in [7, 11) is 0. The largest absolute Gasteiger partial charge is 0.480 e. The van der Waals surface area contributed by atoms with Crippen molar-refractivity contribution < 1.29 is 9.90 Å². The third-order valence-corrected chi connectivity index (χ3v) is 9.81. The number of aryl methyl sites for hydroxylation is 2. The summed E-state index contributed by atoms with van der Waals surface area (Å²) in [5.41, 5.74) is 6.53. The van der Waals surface area contributed by atoms with Crippen LogP contribution in [0.4, 0.5) is 0 Å². The average Bonchev–Trinajstić information content (AvgIpc) is 3.57. The van der Waals surface area contributed by atoms with Gasteiger partial charge < -0.3 is 15.0 Å². The van der Waals surface area contributed by atoms with Crippen LogP contribution < -0.4 is 0 Å². The van der Waals surface area contributed by atoms with Gasteiger partial charge in [0.15, 0.2) is 0 Å². The minimum atomic E-state index is -0.640. The van der Waals surface area contributed by atoms with Crippen molar-refractivity contribution in [3.8, 4) is 0 Å². The smallest absolute Gasteiger partial charge is 0.320 e. The second kappa shape index (κ2) is 12.5. The van der Waals surface area contributed by atoms with Gasteiger partial charge >= 0.3 is 5.97 Å². The molecule has 218 valence electrons. The van der Waals surface area contributed by atoms with Crippen molar-refractivity contribution in [3.63, 3.8) is 0 Å². The summed E-state index contributed by atoms with van der Waals surface area (Å²) in [5.74, 6) is 2.38. The van der Waals surface area contributed by atoms with Gasteiger partial charge in [0.1, 0.15) is 11.9 Å². The lowest BCUT2D eigenvalue weighted by Crippen LogP contribution is -2.41. The number of aromatic nitrogens is 2. The lowest BCUT2D eigenvalue weighted by Gasteiger charge is -2.34. The molecule has 1 saturated carbocycles. The maximum Gasteiger partial charge on any atom is 0.320 e. The second-order valence-electron chi connectivity index (χ2n) is 12.9. The Morgan fingerprint density at radius 2 is 1.83 bits per heavy atom. The zero-order valence-corrected chi connectivity index (χ0v) is 24.8. The maximum absolute atomic E-state index is 12.3. The summed E-state index contributed by atoms with van der Waals surface area (Å²) in [6.45, 7) is 9.32. The first-order chi connectivity index (χ1) is 20.0. The lowest BCUT2D eigenvalue weighted by molar-refractivity contribution is -0.143. The standard InChI is InChI=1S/C35H46N4O2/c1-3-31-34(37-33(36-31)20-25-9-5-4-6-10-25)27-14-16-38(17-15-27)21-29-22-39(32(35(40)41)19-26-12-13-26)23-30(29)28-11-7-8-24(2)18-28/h4-11,18,26-27,29-30,32H,3,12-17,19-23H2,1-2H3,(H,36,37)(H,40,41). The van der Waals surface area contributed by atoms with Gasteiger partial charge in [-0.25, -0.2) is 4.98 Å². The number of benzene rings is 2. The minimum Gasteiger partial charge on any atom is -0.480 e. The van der Waals surface area contributed by atoms with Crippen LogP contribution in [0.3, 0.4) is 0 Å². The second-order valence-corrected chi connectivity index (χ2v) is 12.9. The molecular weight excluding hydrogens is 508 g/mol. The Hall–Kier alpha value is -2.96. The van der Waals surface area contributed by atoms with Gasteiger partial charge in [-0.05, 0) is 68.7 Å². The van der Waals surface area contributed by atoms with E-state index in [9.17, 15) is 9.90 Å². The van der Waals surface area contributed by atoms with Crippen molar-refractivity contribution in [2.75, 3.05) is 32.7 Å². The van der Waals surface area contributed by atoms with Crippen LogP contribution >= 0.6 is 0 Å². The summed E-state index contributed by atoms with van der Waals surface area (Å²) in [6.07, 6.45) is 7.30. The number of hydrogen-bond acceptors (Lipinski definition) is 4. The number of piperidine rings is 1. The Morgan fingerprint density at radius 1 is 1.05 bits per heavy atom. The predicted octanol–water partition coefficient (Wildman–Crippen LogP) is 6.02. The number of rotatable bonds is 11. The number of aromatic amines is 1. The van der Waals surface area contributed by atoms with E-state index < -0.39 is 5.97 Å². The number of aliphatic carboxylic acids is 1. The molecule has 0 amide bonds. The molecule has 2 aliphatic heterocycles. The molecule has 3 aliphatic rings. The Bertz CT molecular complexity index is 1310. The van der Waals surface area contributed by atoms with Gasteiger partial charge in [-0.15, -0.1) is 0 Å². The molecule has 0 bridgehead atoms. The van der Waals surface area contributed by atoms with E-state index in [1.54, 1.807) is 0 Å². The van der Waals surface area contributed by atoms with Crippen LogP contribution in [0.2, 0.25) is 0 Å². The summed E-state index contributed by atoms with van der Waals surface area (Å²) < 4.78 is 0. The van der Waals surface area contributed by atoms with E-state index in [0.717, 1.165) is 70.7 Å². The van der Waals surface area contributed by atoms with E-state index in [0.29, 0.717) is 23.7 Å². The molecule has 3 atom stereocenters. The highest BCUT2D eigenvalue weighted by Gasteiger charge is 2.42. The Morgan fingerprint density at radius 3 is 2.51 bits per heavy atom. The number of carboxylic acids is 1. The van der Waals surface area contributed by atoms with Crippen molar-refractivity contribution in [2.45, 2.75) is 76.7 Å². The van der Waals surface area contributed by atoms with Crippen molar-refractivity contribution in [1.29, 1.82) is 0 Å². The number of hydrogen-bond donors (Lipinski definition) is 2. The molecule has 2 saturated heterocycles. The van der Waals surface area contributed by atoms with Crippen LogP contribution in [0.1, 0.15) is 84.8 Å². The minimum absolute atomic E-state index is 0.345. The fourth-order valence-corrected chi connectivity index (χ4v) is 7.38. The average molecular weight is 555 g/mol. The molecule has 6 heteroatoms. The Labute approximate surface area is 245 Å². The normalized spacial score (nSPS) is 23.2. The van der Waals surface area contributed by atoms with Crippen LogP contribution in [0, 0.1) is 18.8 Å². The van der Waals surface area contributed by atoms with Crippen molar-refractivity contribution in [3.05, 3.63) is 88.5 Å². The van der Waals surface area contributed by atoms with E-state index in [1.807, 2.05) is 0 Å². The first-order valence-corrected chi connectivity index (χ1v) is 15.8. The SMILES string of the molecule is CCc1[nH]c(Cc2ccccc2)nc1C1CCN(CC2CN(C(CC3CC3)C(=O)O)CC2c2cccc(C)c2)CC1. The number of carboxylic acid groups (broad SMARTS) is 1. The van der Waals surface area contributed by atoms with Gasteiger partial charge in [-0.2, -0.15) is 0 Å². The van der Waals surface area contributed by atoms with Crippen LogP contribution in [-0.2, 0) is 17.6 Å². The molecule has 1 aliphatic carbocycles. The van der Waals surface area contributed by atoms with Gasteiger partial charge in [0.05, 0.1) is 5.69 Å². The van der Waals surface area contributed by atoms with Gasteiger partial charge in [0.25, 0.3) is 0 Å². The van der Waals surface area contributed by atoms with Crippen LogP contribution in [0.5, 0.6) is 0 Å². The van der Waals surface area contributed by atoms with E-state index >= 15 is 0 Å². The number of carbonyl (C=O) groups is 1. The fraction of sp³-hybridized carbons (Fsp3) is 0.543. The molecule has 3 heterocycles. The molecule has 1 aromatic heterocycles. The first kappa shape index (κ1) is 28.2. The lowest BCUT2D eigenvalue weighted by atomic mass is 9.86. The Balaban J connectivity index is 1.12. The zero-order chi connectivity index (χ0) is 28.3. The van der Waals surface area contributed by atoms with Crippen LogP contribution in [0.15, 0.2) is 54.6 Å². The van der Waals surface area contributed by atoms with Gasteiger partial charge in [0.2, 0.25) is 0 Å². The molecule has 6 nitrogen and oxygen atoms in total. The van der Waals surface area contributed by atoms with E-state index in [1.165, 1.54) is 40.9 Å². The van der Waals surface area contributed by atoms with Gasteiger partial charge in [-0.1, -0.05) is 79.9 Å². The zero-order valence-electron chi connectivity index (χ0n) is 24.8. The molecule has 0 spiro atoms. The molecule has 0 radical (unpaired) electrons. The topological polar surface area (TPSA) is 72.5 Å². The summed E-state index contributed by atoms with van der Waals surface area (Å²) >= 11 is 0. The van der Waals surface area contributed by atoms with E-state index in [4.69, 9.17) is 4.98 Å². The molecular formula is C35H46N4O2. The highest BCUT2D eigenvalue weighted by Crippen LogP contribution is 2.40. The van der Waals surface area contributed by atoms with Crippen molar-refractivity contribution in [2.24, 2.45) is 11.8 Å². The summed E-state index contributed by atoms with van der Waals surface area (Å²) in [6, 6.07) is 19.2. The van der Waals surface area contributed by atoms with Crippen molar-refractivity contribution in [1.82, 2.24) is 19.8 Å². The van der Waals surface area contributed by atoms with Crippen molar-refractivity contribution >= 4 is 5.97 Å². The maximum atomic E-state index is 12.3. The molecule has 3 aromatic rings. The van der Waals surface area contributed by atoms with E-state index in [-0.39, 0.29) is 6.04 Å². The summed E-state index contributed by atoms with van der Waals surface area (Å²) in [4.78, 5) is 26.0.